The highest BCUT2D eigenvalue weighted by Crippen LogP contribution is 2.44. The van der Waals surface area contributed by atoms with E-state index in [1.54, 1.807) is 0 Å². The van der Waals surface area contributed by atoms with Gasteiger partial charge >= 0.3 is 0 Å². The molecule has 4 aromatic heterocycles. The monoisotopic (exact) mass is 1400 g/mol. The molecule has 22 rings (SSSR count). The summed E-state index contributed by atoms with van der Waals surface area (Å²) in [6, 6.07) is 143. The molecule has 6 nitrogen and oxygen atoms in total. The Morgan fingerprint density at radius 1 is 0.164 bits per heavy atom. The zero-order valence-electron chi connectivity index (χ0n) is 59.8. The van der Waals surface area contributed by atoms with Crippen molar-refractivity contribution in [3.8, 4) is 101 Å². The first kappa shape index (κ1) is 63.7. The molecule has 0 radical (unpaired) electrons. The van der Waals surface area contributed by atoms with Crippen LogP contribution in [0.4, 0.5) is 0 Å². The van der Waals surface area contributed by atoms with Crippen LogP contribution in [0.1, 0.15) is 0 Å². The molecule has 0 aliphatic heterocycles. The lowest BCUT2D eigenvalue weighted by Gasteiger charge is -2.12. The molecule has 512 valence electrons. The molecule has 4 heterocycles. The Morgan fingerprint density at radius 3 is 0.764 bits per heavy atom. The number of hydrogen-bond donors (Lipinski definition) is 0. The van der Waals surface area contributed by atoms with Gasteiger partial charge in [-0.15, -0.1) is 0 Å². The van der Waals surface area contributed by atoms with Gasteiger partial charge in [-0.1, -0.05) is 309 Å². The van der Waals surface area contributed by atoms with E-state index in [1.807, 2.05) is 12.1 Å². The number of aromatic nitrogens is 6. The Morgan fingerprint density at radius 2 is 0.418 bits per heavy atom. The lowest BCUT2D eigenvalue weighted by molar-refractivity contribution is 1.17. The largest absolute Gasteiger partial charge is 0.309 e. The van der Waals surface area contributed by atoms with Crippen LogP contribution in [-0.4, -0.2) is 29.1 Å². The predicted octanol–water partition coefficient (Wildman–Crippen LogP) is 27.4. The molecule has 110 heavy (non-hydrogen) atoms. The normalized spacial score (nSPS) is 11.6. The van der Waals surface area contributed by atoms with Crippen molar-refractivity contribution < 1.29 is 0 Å². The van der Waals surface area contributed by atoms with Crippen LogP contribution in [0.15, 0.2) is 400 Å². The second-order valence-corrected chi connectivity index (χ2v) is 28.4. The number of rotatable bonds is 10. The molecule has 0 saturated heterocycles. The molecule has 18 aromatic carbocycles. The predicted molar refractivity (Wildman–Crippen MR) is 461 cm³/mol. The first-order chi connectivity index (χ1) is 54.5. The summed E-state index contributed by atoms with van der Waals surface area (Å²) in [5.41, 5.74) is 24.3. The fraction of sp³-hybridized carbons (Fsp3) is 0. The highest BCUT2D eigenvalue weighted by Gasteiger charge is 2.22. The van der Waals surface area contributed by atoms with Gasteiger partial charge in [-0.2, -0.15) is 0 Å². The molecule has 0 bridgehead atoms. The molecule has 6 heteroatoms. The Bertz CT molecular complexity index is 7150. The van der Waals surface area contributed by atoms with Crippen LogP contribution in [0.2, 0.25) is 0 Å². The molecule has 0 aliphatic carbocycles. The van der Waals surface area contributed by atoms with E-state index < -0.39 is 0 Å². The molecule has 0 spiro atoms. The lowest BCUT2D eigenvalue weighted by atomic mass is 9.97. The Kier molecular flexibility index (Phi) is 15.5. The minimum Gasteiger partial charge on any atom is -0.309 e. The van der Waals surface area contributed by atoms with E-state index in [4.69, 9.17) is 19.9 Å². The number of nitrogens with zero attached hydrogens (tertiary/aromatic N) is 6. The van der Waals surface area contributed by atoms with E-state index in [2.05, 4.69) is 397 Å². The molecule has 0 amide bonds. The number of hydrogen-bond acceptors (Lipinski definition) is 4. The maximum atomic E-state index is 5.24. The van der Waals surface area contributed by atoms with Crippen molar-refractivity contribution in [2.24, 2.45) is 0 Å². The van der Waals surface area contributed by atoms with Gasteiger partial charge in [0, 0.05) is 65.9 Å². The zero-order chi connectivity index (χ0) is 72.6. The van der Waals surface area contributed by atoms with E-state index >= 15 is 0 Å². The average molecular weight is 1400 g/mol. The third kappa shape index (κ3) is 11.1. The van der Waals surface area contributed by atoms with Gasteiger partial charge in [-0.25, -0.2) is 19.9 Å². The summed E-state index contributed by atoms with van der Waals surface area (Å²) in [5, 5.41) is 17.2. The molecular weight excluding hydrogens is 1330 g/mol. The summed E-state index contributed by atoms with van der Waals surface area (Å²) >= 11 is 0. The first-order valence-electron chi connectivity index (χ1n) is 37.5. The van der Waals surface area contributed by atoms with Gasteiger partial charge in [0.05, 0.1) is 44.5 Å². The van der Waals surface area contributed by atoms with Crippen molar-refractivity contribution in [3.05, 3.63) is 400 Å². The average Bonchev–Trinajstić information content (AvgIpc) is 1.56. The summed E-state index contributed by atoms with van der Waals surface area (Å²) in [5.74, 6) is 1.42. The fourth-order valence-electron chi connectivity index (χ4n) is 16.7. The summed E-state index contributed by atoms with van der Waals surface area (Å²) < 4.78 is 4.80. The van der Waals surface area contributed by atoms with Crippen LogP contribution in [0.25, 0.3) is 210 Å². The zero-order valence-corrected chi connectivity index (χ0v) is 59.8. The van der Waals surface area contributed by atoms with Gasteiger partial charge < -0.3 is 9.13 Å². The summed E-state index contributed by atoms with van der Waals surface area (Å²) in [4.78, 5) is 20.6. The first-order valence-corrected chi connectivity index (χ1v) is 37.5. The third-order valence-electron chi connectivity index (χ3n) is 22.0. The summed E-state index contributed by atoms with van der Waals surface area (Å²) in [7, 11) is 0. The van der Waals surface area contributed by atoms with Gasteiger partial charge in [0.15, 0.2) is 11.6 Å². The fourth-order valence-corrected chi connectivity index (χ4v) is 16.7. The minimum absolute atomic E-state index is 0.707. The van der Waals surface area contributed by atoms with E-state index in [9.17, 15) is 0 Å². The quantitative estimate of drug-likeness (QED) is 0.137. The maximum absolute atomic E-state index is 5.24. The standard InChI is InChI=1S/2C52H33N3/c1-2-11-34(12-3-1)40-15-10-16-41(33-40)35-21-23-38(24-22-35)51-45-19-8-9-20-46(45)53-52(54-51)39-25-29-42(30-26-39)55-47-31-27-36-13-4-6-17-43(36)49(47)50-44-18-7-5-14-37(44)28-32-48(50)55;1-2-10-34(11-3-1)35-18-20-36(21-19-35)37-22-24-40(25-23-37)51-45-16-8-9-17-46(45)53-52(54-51)41-26-30-42(31-27-41)55-47-32-28-38-12-4-6-14-43(38)49(47)50-44-15-7-5-13-39(44)29-33-48(50)55/h2*1-33H. The molecule has 0 fully saturated rings. The van der Waals surface area contributed by atoms with Crippen molar-refractivity contribution in [1.82, 2.24) is 29.1 Å². The molecule has 0 unspecified atom stereocenters. The second kappa shape index (κ2) is 26.7. The smallest absolute Gasteiger partial charge is 0.160 e. The molecule has 0 N–H and O–H groups in total. The Hall–Kier alpha value is -14.7. The van der Waals surface area contributed by atoms with Crippen LogP contribution in [0, 0.1) is 0 Å². The van der Waals surface area contributed by atoms with Crippen molar-refractivity contribution in [1.29, 1.82) is 0 Å². The third-order valence-corrected chi connectivity index (χ3v) is 22.0. The van der Waals surface area contributed by atoms with Crippen molar-refractivity contribution >= 4 is 109 Å². The van der Waals surface area contributed by atoms with Crippen LogP contribution in [0.3, 0.4) is 0 Å². The number of para-hydroxylation sites is 2. The van der Waals surface area contributed by atoms with E-state index in [-0.39, 0.29) is 0 Å². The molecule has 0 atom stereocenters. The maximum Gasteiger partial charge on any atom is 0.160 e. The molecular formula is C104H66N6. The topological polar surface area (TPSA) is 61.4 Å². The van der Waals surface area contributed by atoms with Gasteiger partial charge in [0.25, 0.3) is 0 Å². The SMILES string of the molecule is c1ccc(-c2ccc(-c3ccc(-c4nc(-c5ccc(-n6c7ccc8ccccc8c7c7c8ccccc8ccc76)cc5)nc5ccccc45)cc3)cc2)cc1.c1ccc(-c2cccc(-c3ccc(-c4nc(-c5ccc(-n6c7ccc8ccccc8c7c7c8ccccc8ccc76)cc5)nc5ccccc45)cc3)c2)cc1. The highest BCUT2D eigenvalue weighted by atomic mass is 15.0. The van der Waals surface area contributed by atoms with E-state index in [0.29, 0.717) is 11.6 Å². The van der Waals surface area contributed by atoms with Crippen LogP contribution < -0.4 is 0 Å². The van der Waals surface area contributed by atoms with Gasteiger partial charge in [0.1, 0.15) is 0 Å². The van der Waals surface area contributed by atoms with Crippen molar-refractivity contribution in [2.75, 3.05) is 0 Å². The van der Waals surface area contributed by atoms with E-state index in [0.717, 1.165) is 66.8 Å². The molecule has 0 aliphatic rings. The lowest BCUT2D eigenvalue weighted by Crippen LogP contribution is -1.97. The summed E-state index contributed by atoms with van der Waals surface area (Å²) in [6.07, 6.45) is 0. The highest BCUT2D eigenvalue weighted by molar-refractivity contribution is 6.30. The van der Waals surface area contributed by atoms with Gasteiger partial charge in [-0.3, -0.25) is 0 Å². The van der Waals surface area contributed by atoms with E-state index in [1.165, 1.54) is 131 Å². The Labute approximate surface area is 635 Å². The van der Waals surface area contributed by atoms with Crippen LogP contribution >= 0.6 is 0 Å². The van der Waals surface area contributed by atoms with Gasteiger partial charge in [0.2, 0.25) is 0 Å². The second-order valence-electron chi connectivity index (χ2n) is 28.4. The minimum atomic E-state index is 0.707. The number of fused-ring (bicyclic) bond motifs is 16. The Balaban J connectivity index is 0.000000140. The van der Waals surface area contributed by atoms with Crippen molar-refractivity contribution in [3.63, 3.8) is 0 Å². The van der Waals surface area contributed by atoms with Crippen LogP contribution in [-0.2, 0) is 0 Å². The van der Waals surface area contributed by atoms with Crippen molar-refractivity contribution in [2.45, 2.75) is 0 Å². The summed E-state index contributed by atoms with van der Waals surface area (Å²) in [6.45, 7) is 0. The molecule has 0 saturated carbocycles. The van der Waals surface area contributed by atoms with Gasteiger partial charge in [-0.05, 0) is 179 Å². The molecule has 22 aromatic rings. The number of benzene rings is 18. The van der Waals surface area contributed by atoms with Crippen LogP contribution in [0.5, 0.6) is 0 Å².